The lowest BCUT2D eigenvalue weighted by molar-refractivity contribution is 0.484. The summed E-state index contributed by atoms with van der Waals surface area (Å²) >= 11 is 4.31. The summed E-state index contributed by atoms with van der Waals surface area (Å²) in [6.07, 6.45) is 0. The van der Waals surface area contributed by atoms with Gasteiger partial charge in [-0.3, -0.25) is 0 Å². The van der Waals surface area contributed by atoms with Gasteiger partial charge in [0.2, 0.25) is 22.8 Å². The zero-order valence-electron chi connectivity index (χ0n) is 4.84. The molecule has 0 saturated heterocycles. The highest BCUT2D eigenvalue weighted by Crippen LogP contribution is 2.24. The number of allylic oxidation sites excluding steroid dienone is 3. The van der Waals surface area contributed by atoms with Crippen molar-refractivity contribution in [2.75, 3.05) is 0 Å². The predicted octanol–water partition coefficient (Wildman–Crippen LogP) is 3.01. The van der Waals surface area contributed by atoms with Crippen molar-refractivity contribution in [1.29, 1.82) is 5.26 Å². The normalized spacial score (nSPS) is 14.9. The van der Waals surface area contributed by atoms with Gasteiger partial charge in [0.1, 0.15) is 6.07 Å². The molecule has 0 fully saturated rings. The minimum Gasteiger partial charge on any atom is -0.199 e. The number of halogens is 5. The molecular formula is C5ClF4N. The highest BCUT2D eigenvalue weighted by molar-refractivity contribution is 6.28. The van der Waals surface area contributed by atoms with E-state index in [1.54, 1.807) is 0 Å². The van der Waals surface area contributed by atoms with Crippen molar-refractivity contribution >= 4 is 11.6 Å². The molecule has 0 aromatic heterocycles. The van der Waals surface area contributed by atoms with Gasteiger partial charge in [0.15, 0.2) is 0 Å². The molecule has 0 heterocycles. The zero-order chi connectivity index (χ0) is 9.02. The van der Waals surface area contributed by atoms with Gasteiger partial charge in [-0.2, -0.15) is 22.8 Å². The Morgan fingerprint density at radius 2 is 1.55 bits per heavy atom. The Morgan fingerprint density at radius 3 is 1.82 bits per heavy atom. The fraction of sp³-hybridized carbons (Fsp3) is 0. The van der Waals surface area contributed by atoms with Crippen LogP contribution in [0.3, 0.4) is 0 Å². The average molecular weight is 186 g/mol. The summed E-state index contributed by atoms with van der Waals surface area (Å²) in [5.74, 6) is -6.51. The first-order chi connectivity index (χ1) is 5.00. The van der Waals surface area contributed by atoms with Crippen molar-refractivity contribution in [3.8, 4) is 6.07 Å². The van der Waals surface area contributed by atoms with Crippen LogP contribution in [0.15, 0.2) is 22.8 Å². The van der Waals surface area contributed by atoms with Gasteiger partial charge in [0.05, 0.1) is 0 Å². The van der Waals surface area contributed by atoms with E-state index in [2.05, 4.69) is 11.6 Å². The minimum absolute atomic E-state index is 0.639. The molecule has 0 unspecified atom stereocenters. The maximum atomic E-state index is 12.0. The Labute approximate surface area is 64.2 Å². The number of nitrogens with zero attached hydrogens (tertiary/aromatic N) is 1. The molecule has 0 aliphatic rings. The molecule has 6 heteroatoms. The van der Waals surface area contributed by atoms with E-state index in [1.807, 2.05) is 0 Å². The molecule has 1 nitrogen and oxygen atoms in total. The summed E-state index contributed by atoms with van der Waals surface area (Å²) in [6, 6.07) is 0.639. The highest BCUT2D eigenvalue weighted by atomic mass is 35.5. The Morgan fingerprint density at radius 1 is 1.09 bits per heavy atom. The second kappa shape index (κ2) is 3.98. The third kappa shape index (κ3) is 2.60. The maximum Gasteiger partial charge on any atom is 0.238 e. The molecule has 0 rings (SSSR count). The minimum atomic E-state index is -2.24. The van der Waals surface area contributed by atoms with Crippen LogP contribution in [0.1, 0.15) is 0 Å². The molecule has 0 atom stereocenters. The first kappa shape index (κ1) is 9.98. The molecule has 0 aromatic rings. The average Bonchev–Trinajstić information content (AvgIpc) is 2.00. The summed E-state index contributed by atoms with van der Waals surface area (Å²) in [5, 5.41) is 5.62. The van der Waals surface area contributed by atoms with Crippen LogP contribution in [0, 0.1) is 11.3 Å². The standard InChI is InChI=1S/C5ClF4N/c6-5(10)4(9)3(8)2(7)1-11/b3-2-,5-4-. The summed E-state index contributed by atoms with van der Waals surface area (Å²) in [5.41, 5.74) is 0. The Bertz CT molecular complexity index is 258. The quantitative estimate of drug-likeness (QED) is 0.350. The van der Waals surface area contributed by atoms with E-state index in [-0.39, 0.29) is 0 Å². The van der Waals surface area contributed by atoms with Gasteiger partial charge in [-0.05, 0) is 11.6 Å². The fourth-order valence-electron chi connectivity index (χ4n) is 0.228. The molecule has 0 aromatic carbocycles. The third-order valence-electron chi connectivity index (χ3n) is 0.649. The SMILES string of the molecule is N#C/C(F)=C(F)\C(F)=C(\F)Cl. The van der Waals surface area contributed by atoms with Crippen LogP contribution in [-0.4, -0.2) is 0 Å². The fourth-order valence-corrected chi connectivity index (χ4v) is 0.311. The van der Waals surface area contributed by atoms with Gasteiger partial charge in [-0.25, -0.2) is 0 Å². The summed E-state index contributed by atoms with van der Waals surface area (Å²) in [6.45, 7) is 0. The lowest BCUT2D eigenvalue weighted by atomic mass is 10.4. The third-order valence-corrected chi connectivity index (χ3v) is 0.815. The first-order valence-electron chi connectivity index (χ1n) is 2.17. The topological polar surface area (TPSA) is 23.8 Å². The second-order valence-corrected chi connectivity index (χ2v) is 1.65. The van der Waals surface area contributed by atoms with Crippen LogP contribution < -0.4 is 0 Å². The van der Waals surface area contributed by atoms with E-state index >= 15 is 0 Å². The molecule has 0 aliphatic heterocycles. The Balaban J connectivity index is 4.95. The second-order valence-electron chi connectivity index (χ2n) is 1.31. The molecule has 0 aliphatic carbocycles. The molecule has 0 bridgehead atoms. The molecule has 0 spiro atoms. The molecule has 11 heavy (non-hydrogen) atoms. The van der Waals surface area contributed by atoms with Crippen LogP contribution in [0.2, 0.25) is 0 Å². The van der Waals surface area contributed by atoms with Crippen LogP contribution in [0.4, 0.5) is 17.6 Å². The number of nitriles is 1. The van der Waals surface area contributed by atoms with Crippen molar-refractivity contribution in [3.63, 3.8) is 0 Å². The van der Waals surface area contributed by atoms with Gasteiger partial charge >= 0.3 is 0 Å². The number of hydrogen-bond donors (Lipinski definition) is 0. The van der Waals surface area contributed by atoms with E-state index in [9.17, 15) is 17.6 Å². The molecule has 0 amide bonds. The lowest BCUT2D eigenvalue weighted by Crippen LogP contribution is -1.80. The van der Waals surface area contributed by atoms with Crippen molar-refractivity contribution in [1.82, 2.24) is 0 Å². The number of rotatable bonds is 1. The highest BCUT2D eigenvalue weighted by Gasteiger charge is 2.15. The van der Waals surface area contributed by atoms with Crippen molar-refractivity contribution in [2.24, 2.45) is 0 Å². The number of hydrogen-bond acceptors (Lipinski definition) is 1. The van der Waals surface area contributed by atoms with E-state index in [0.29, 0.717) is 6.07 Å². The van der Waals surface area contributed by atoms with E-state index in [0.717, 1.165) is 0 Å². The first-order valence-corrected chi connectivity index (χ1v) is 2.55. The van der Waals surface area contributed by atoms with Crippen molar-refractivity contribution < 1.29 is 17.6 Å². The van der Waals surface area contributed by atoms with Crippen molar-refractivity contribution in [3.05, 3.63) is 22.8 Å². The van der Waals surface area contributed by atoms with E-state index in [4.69, 9.17) is 5.26 Å². The lowest BCUT2D eigenvalue weighted by Gasteiger charge is -1.89. The largest absolute Gasteiger partial charge is 0.238 e. The summed E-state index contributed by atoms with van der Waals surface area (Å²) in [4.78, 5) is 0. The van der Waals surface area contributed by atoms with E-state index < -0.39 is 22.8 Å². The molecular weight excluding hydrogens is 186 g/mol. The van der Waals surface area contributed by atoms with Gasteiger partial charge in [-0.15, -0.1) is 0 Å². The van der Waals surface area contributed by atoms with Gasteiger partial charge in [-0.1, -0.05) is 0 Å². The molecule has 60 valence electrons. The molecule has 0 N–H and O–H groups in total. The van der Waals surface area contributed by atoms with Crippen LogP contribution in [-0.2, 0) is 0 Å². The van der Waals surface area contributed by atoms with E-state index in [1.165, 1.54) is 0 Å². The smallest absolute Gasteiger partial charge is 0.199 e. The van der Waals surface area contributed by atoms with Crippen LogP contribution in [0.25, 0.3) is 0 Å². The van der Waals surface area contributed by atoms with Gasteiger partial charge in [0.25, 0.3) is 0 Å². The predicted molar refractivity (Wildman–Crippen MR) is 30.0 cm³/mol. The van der Waals surface area contributed by atoms with Crippen LogP contribution >= 0.6 is 11.6 Å². The van der Waals surface area contributed by atoms with Crippen LogP contribution in [0.5, 0.6) is 0 Å². The Kier molecular flexibility index (Phi) is 3.61. The van der Waals surface area contributed by atoms with Crippen molar-refractivity contribution in [2.45, 2.75) is 0 Å². The van der Waals surface area contributed by atoms with Gasteiger partial charge < -0.3 is 0 Å². The summed E-state index contributed by atoms with van der Waals surface area (Å²) in [7, 11) is 0. The molecule has 0 saturated carbocycles. The maximum absolute atomic E-state index is 12.0. The Hall–Kier alpha value is -1.02. The summed E-state index contributed by atoms with van der Waals surface area (Å²) < 4.78 is 47.2. The zero-order valence-corrected chi connectivity index (χ0v) is 5.59. The van der Waals surface area contributed by atoms with Gasteiger partial charge in [0, 0.05) is 0 Å². The monoisotopic (exact) mass is 185 g/mol. The molecule has 0 radical (unpaired) electrons.